The van der Waals surface area contributed by atoms with Crippen molar-refractivity contribution in [2.45, 2.75) is 25.8 Å². The van der Waals surface area contributed by atoms with Crippen molar-refractivity contribution >= 4 is 11.6 Å². The van der Waals surface area contributed by atoms with Gasteiger partial charge >= 0.3 is 0 Å². The minimum absolute atomic E-state index is 0.104. The van der Waals surface area contributed by atoms with Gasteiger partial charge in [0, 0.05) is 38.6 Å². The highest BCUT2D eigenvalue weighted by Gasteiger charge is 2.10. The van der Waals surface area contributed by atoms with Gasteiger partial charge < -0.3 is 10.6 Å². The molecule has 0 radical (unpaired) electrons. The van der Waals surface area contributed by atoms with Gasteiger partial charge in [0.05, 0.1) is 11.7 Å². The number of nitrogens with one attached hydrogen (secondary N) is 2. The largest absolute Gasteiger partial charge is 0.356 e. The lowest BCUT2D eigenvalue weighted by Crippen LogP contribution is -2.39. The molecule has 0 aliphatic rings. The Balaban J connectivity index is 1.30. The molecule has 0 bridgehead atoms. The van der Waals surface area contributed by atoms with E-state index in [0.29, 0.717) is 0 Å². The second kappa shape index (κ2) is 9.21. The predicted molar refractivity (Wildman–Crippen MR) is 118 cm³/mol. The van der Waals surface area contributed by atoms with Crippen molar-refractivity contribution < 1.29 is 0 Å². The molecule has 0 saturated heterocycles. The number of rotatable bonds is 7. The molecule has 1 unspecified atom stereocenters. The van der Waals surface area contributed by atoms with Crippen molar-refractivity contribution in [2.24, 2.45) is 4.99 Å². The molecule has 3 aromatic heterocycles. The number of aromatic nitrogens is 5. The minimum Gasteiger partial charge on any atom is -0.356 e. The van der Waals surface area contributed by atoms with Gasteiger partial charge in [-0.25, -0.2) is 4.68 Å². The molecular formula is C22H26N8. The topological polar surface area (TPSA) is 84.4 Å². The fourth-order valence-corrected chi connectivity index (χ4v) is 3.36. The van der Waals surface area contributed by atoms with Gasteiger partial charge in [0.25, 0.3) is 0 Å². The van der Waals surface area contributed by atoms with Gasteiger partial charge in [-0.05, 0) is 49.2 Å². The zero-order chi connectivity index (χ0) is 20.8. The summed E-state index contributed by atoms with van der Waals surface area (Å²) in [5.74, 6) is 1.75. The molecule has 8 heteroatoms. The second-order valence-electron chi connectivity index (χ2n) is 7.06. The van der Waals surface area contributed by atoms with E-state index in [1.54, 1.807) is 13.2 Å². The zero-order valence-electron chi connectivity index (χ0n) is 17.2. The molecule has 1 atom stereocenters. The Bertz CT molecular complexity index is 1110. The van der Waals surface area contributed by atoms with Crippen LogP contribution in [0, 0.1) is 0 Å². The smallest absolute Gasteiger partial charge is 0.191 e. The quantitative estimate of drug-likeness (QED) is 0.282. The zero-order valence-corrected chi connectivity index (χ0v) is 17.2. The molecule has 0 aliphatic heterocycles. The molecule has 4 aromatic rings. The van der Waals surface area contributed by atoms with Gasteiger partial charge in [-0.2, -0.15) is 5.10 Å². The summed E-state index contributed by atoms with van der Waals surface area (Å²) in [6, 6.07) is 16.3. The maximum atomic E-state index is 4.35. The van der Waals surface area contributed by atoms with Gasteiger partial charge in [0.2, 0.25) is 0 Å². The van der Waals surface area contributed by atoms with Gasteiger partial charge in [-0.15, -0.1) is 10.2 Å². The van der Waals surface area contributed by atoms with Crippen molar-refractivity contribution in [3.8, 4) is 5.69 Å². The Kier molecular flexibility index (Phi) is 6.03. The summed E-state index contributed by atoms with van der Waals surface area (Å²) in [6.45, 7) is 2.92. The third-order valence-corrected chi connectivity index (χ3v) is 4.97. The van der Waals surface area contributed by atoms with E-state index in [1.165, 1.54) is 5.56 Å². The van der Waals surface area contributed by atoms with Crippen molar-refractivity contribution in [3.05, 3.63) is 78.5 Å². The van der Waals surface area contributed by atoms with Crippen LogP contribution in [0.15, 0.2) is 72.1 Å². The minimum atomic E-state index is 0.104. The van der Waals surface area contributed by atoms with Crippen LogP contribution in [0.2, 0.25) is 0 Å². The number of pyridine rings is 1. The summed E-state index contributed by atoms with van der Waals surface area (Å²) in [7, 11) is 1.79. The molecule has 0 fully saturated rings. The Hall–Kier alpha value is -3.68. The first-order chi connectivity index (χ1) is 14.7. The summed E-state index contributed by atoms with van der Waals surface area (Å²) in [5, 5.41) is 19.6. The summed E-state index contributed by atoms with van der Waals surface area (Å²) in [5.41, 5.74) is 3.08. The number of hydrogen-bond acceptors (Lipinski definition) is 4. The van der Waals surface area contributed by atoms with Crippen LogP contribution in [0.5, 0.6) is 0 Å². The lowest BCUT2D eigenvalue weighted by molar-refractivity contribution is 0.666. The van der Waals surface area contributed by atoms with Crippen LogP contribution in [0.3, 0.4) is 0 Å². The van der Waals surface area contributed by atoms with Crippen molar-refractivity contribution in [1.29, 1.82) is 0 Å². The Morgan fingerprint density at radius 2 is 2.03 bits per heavy atom. The molecule has 0 amide bonds. The van der Waals surface area contributed by atoms with Crippen molar-refractivity contribution in [2.75, 3.05) is 13.6 Å². The van der Waals surface area contributed by atoms with Crippen molar-refractivity contribution in [3.63, 3.8) is 0 Å². The van der Waals surface area contributed by atoms with Gasteiger partial charge in [0.15, 0.2) is 11.6 Å². The fraction of sp³-hybridized carbons (Fsp3) is 0.273. The highest BCUT2D eigenvalue weighted by Crippen LogP contribution is 2.16. The van der Waals surface area contributed by atoms with Crippen LogP contribution in [-0.4, -0.2) is 43.9 Å². The Labute approximate surface area is 175 Å². The van der Waals surface area contributed by atoms with E-state index in [-0.39, 0.29) is 6.04 Å². The lowest BCUT2D eigenvalue weighted by atomic mass is 10.1. The molecular weight excluding hydrogens is 376 g/mol. The van der Waals surface area contributed by atoms with E-state index in [4.69, 9.17) is 0 Å². The Morgan fingerprint density at radius 3 is 2.87 bits per heavy atom. The van der Waals surface area contributed by atoms with E-state index >= 15 is 0 Å². The maximum Gasteiger partial charge on any atom is 0.191 e. The lowest BCUT2D eigenvalue weighted by Gasteiger charge is -2.19. The average molecular weight is 403 g/mol. The third kappa shape index (κ3) is 4.48. The van der Waals surface area contributed by atoms with E-state index in [2.05, 4.69) is 50.0 Å². The van der Waals surface area contributed by atoms with Crippen LogP contribution < -0.4 is 10.6 Å². The molecule has 2 N–H and O–H groups in total. The fourth-order valence-electron chi connectivity index (χ4n) is 3.36. The molecule has 8 nitrogen and oxygen atoms in total. The van der Waals surface area contributed by atoms with E-state index < -0.39 is 0 Å². The SMILES string of the molecule is CN=C(NCCCc1nnc2ccccn12)NC(C)c1cccc(-n2cccn2)c1. The van der Waals surface area contributed by atoms with Gasteiger partial charge in [0.1, 0.15) is 5.82 Å². The number of aliphatic imine (C=N–C) groups is 1. The average Bonchev–Trinajstić information content (AvgIpc) is 3.46. The number of nitrogens with zero attached hydrogens (tertiary/aromatic N) is 6. The van der Waals surface area contributed by atoms with Gasteiger partial charge in [-0.1, -0.05) is 18.2 Å². The van der Waals surface area contributed by atoms with Crippen LogP contribution in [-0.2, 0) is 6.42 Å². The number of hydrogen-bond donors (Lipinski definition) is 2. The molecule has 3 heterocycles. The maximum absolute atomic E-state index is 4.35. The monoisotopic (exact) mass is 402 g/mol. The summed E-state index contributed by atoms with van der Waals surface area (Å²) in [6.07, 6.45) is 7.49. The molecule has 0 aliphatic carbocycles. The first-order valence-corrected chi connectivity index (χ1v) is 10.1. The first-order valence-electron chi connectivity index (χ1n) is 10.1. The summed E-state index contributed by atoms with van der Waals surface area (Å²) >= 11 is 0. The number of aryl methyl sites for hydroxylation is 1. The van der Waals surface area contributed by atoms with Crippen LogP contribution in [0.1, 0.15) is 30.8 Å². The highest BCUT2D eigenvalue weighted by atomic mass is 15.3. The number of guanidine groups is 1. The van der Waals surface area contributed by atoms with Gasteiger partial charge in [-0.3, -0.25) is 9.39 Å². The highest BCUT2D eigenvalue weighted by molar-refractivity contribution is 5.80. The predicted octanol–water partition coefficient (Wildman–Crippen LogP) is 2.77. The molecule has 4 rings (SSSR count). The molecule has 1 aromatic carbocycles. The number of fused-ring (bicyclic) bond motifs is 1. The third-order valence-electron chi connectivity index (χ3n) is 4.97. The summed E-state index contributed by atoms with van der Waals surface area (Å²) in [4.78, 5) is 4.35. The molecule has 0 saturated carbocycles. The molecule has 0 spiro atoms. The van der Waals surface area contributed by atoms with E-state index in [1.807, 2.05) is 57.9 Å². The van der Waals surface area contributed by atoms with E-state index in [0.717, 1.165) is 42.5 Å². The first kappa shape index (κ1) is 19.6. The van der Waals surface area contributed by atoms with Crippen molar-refractivity contribution in [1.82, 2.24) is 35.0 Å². The standard InChI is InChI=1S/C22H26N8/c1-17(18-8-5-9-19(16-18)30-15-7-13-25-30)26-22(23-2)24-12-6-11-21-28-27-20-10-3-4-14-29(20)21/h3-5,7-10,13-17H,6,11-12H2,1-2H3,(H2,23,24,26). The summed E-state index contributed by atoms with van der Waals surface area (Å²) < 4.78 is 3.89. The van der Waals surface area contributed by atoms with Crippen LogP contribution in [0.25, 0.3) is 11.3 Å². The van der Waals surface area contributed by atoms with Crippen LogP contribution in [0.4, 0.5) is 0 Å². The Morgan fingerprint density at radius 1 is 1.10 bits per heavy atom. The second-order valence-corrected chi connectivity index (χ2v) is 7.06. The van der Waals surface area contributed by atoms with E-state index in [9.17, 15) is 0 Å². The normalized spacial score (nSPS) is 12.8. The molecule has 154 valence electrons. The van der Waals surface area contributed by atoms with Crippen LogP contribution >= 0.6 is 0 Å². The number of benzene rings is 1. The molecule has 30 heavy (non-hydrogen) atoms.